The van der Waals surface area contributed by atoms with Gasteiger partial charge in [0.25, 0.3) is 5.19 Å². The molecule has 0 aliphatic heterocycles. The van der Waals surface area contributed by atoms with E-state index >= 15 is 0 Å². The first kappa shape index (κ1) is 10.7. The molecule has 0 unspecified atom stereocenters. The molecule has 2 rings (SSSR count). The predicted molar refractivity (Wildman–Crippen MR) is 65.2 cm³/mol. The van der Waals surface area contributed by atoms with Crippen LogP contribution in [0.4, 0.5) is 11.4 Å². The zero-order valence-corrected chi connectivity index (χ0v) is 9.86. The van der Waals surface area contributed by atoms with Crippen molar-refractivity contribution in [2.75, 3.05) is 24.7 Å². The molecule has 1 heterocycles. The number of rotatable bonds is 3. The average molecular weight is 236 g/mol. The van der Waals surface area contributed by atoms with Crippen LogP contribution in [0.2, 0.25) is 0 Å². The van der Waals surface area contributed by atoms with E-state index in [2.05, 4.69) is 10.2 Å². The van der Waals surface area contributed by atoms with Crippen LogP contribution in [0.15, 0.2) is 23.7 Å². The van der Waals surface area contributed by atoms with Gasteiger partial charge in [0.2, 0.25) is 0 Å². The summed E-state index contributed by atoms with van der Waals surface area (Å²) in [6.07, 6.45) is 0. The Hall–Kier alpha value is -1.82. The third kappa shape index (κ3) is 2.22. The molecule has 0 radical (unpaired) electrons. The largest absolute Gasteiger partial charge is 0.428 e. The summed E-state index contributed by atoms with van der Waals surface area (Å²) in [5, 5.41) is 7.99. The molecule has 0 aliphatic rings. The van der Waals surface area contributed by atoms with Crippen LogP contribution in [-0.4, -0.2) is 24.3 Å². The molecule has 0 aliphatic carbocycles. The summed E-state index contributed by atoms with van der Waals surface area (Å²) in [4.78, 5) is 1.98. The average Bonchev–Trinajstić information content (AvgIpc) is 2.73. The SMILES string of the molecule is CN(C)c1ccc(N)c(Oc2nncs2)c1. The minimum absolute atomic E-state index is 0.489. The summed E-state index contributed by atoms with van der Waals surface area (Å²) in [6.45, 7) is 0. The molecule has 0 bridgehead atoms. The van der Waals surface area contributed by atoms with Crippen LogP contribution in [-0.2, 0) is 0 Å². The van der Waals surface area contributed by atoms with Crippen LogP contribution in [0.25, 0.3) is 0 Å². The zero-order chi connectivity index (χ0) is 11.5. The molecule has 2 N–H and O–H groups in total. The van der Waals surface area contributed by atoms with Gasteiger partial charge < -0.3 is 15.4 Å². The number of ether oxygens (including phenoxy) is 1. The van der Waals surface area contributed by atoms with Gasteiger partial charge in [-0.2, -0.15) is 0 Å². The predicted octanol–water partition coefficient (Wildman–Crippen LogP) is 1.98. The first-order chi connectivity index (χ1) is 7.66. The highest BCUT2D eigenvalue weighted by molar-refractivity contribution is 7.11. The zero-order valence-electron chi connectivity index (χ0n) is 9.04. The fraction of sp³-hybridized carbons (Fsp3) is 0.200. The quantitative estimate of drug-likeness (QED) is 0.825. The molecule has 2 aromatic rings. The molecule has 5 nitrogen and oxygen atoms in total. The number of hydrogen-bond donors (Lipinski definition) is 1. The third-order valence-electron chi connectivity index (χ3n) is 2.05. The summed E-state index contributed by atoms with van der Waals surface area (Å²) in [7, 11) is 3.92. The van der Waals surface area contributed by atoms with Crippen LogP contribution in [0, 0.1) is 0 Å². The smallest absolute Gasteiger partial charge is 0.299 e. The van der Waals surface area contributed by atoms with Crippen molar-refractivity contribution in [3.63, 3.8) is 0 Å². The first-order valence-corrected chi connectivity index (χ1v) is 5.55. The fourth-order valence-electron chi connectivity index (χ4n) is 1.19. The van der Waals surface area contributed by atoms with E-state index in [1.54, 1.807) is 5.51 Å². The van der Waals surface area contributed by atoms with E-state index in [-0.39, 0.29) is 0 Å². The van der Waals surface area contributed by atoms with Gasteiger partial charge >= 0.3 is 0 Å². The molecule has 0 amide bonds. The molecule has 6 heteroatoms. The van der Waals surface area contributed by atoms with Gasteiger partial charge in [0.1, 0.15) is 5.51 Å². The molecule has 0 fully saturated rings. The number of benzene rings is 1. The highest BCUT2D eigenvalue weighted by Crippen LogP contribution is 2.31. The van der Waals surface area contributed by atoms with Gasteiger partial charge in [-0.25, -0.2) is 0 Å². The minimum atomic E-state index is 0.489. The van der Waals surface area contributed by atoms with Crippen molar-refractivity contribution in [3.8, 4) is 10.9 Å². The highest BCUT2D eigenvalue weighted by atomic mass is 32.1. The van der Waals surface area contributed by atoms with Crippen LogP contribution in [0.1, 0.15) is 0 Å². The summed E-state index contributed by atoms with van der Waals surface area (Å²) in [5.74, 6) is 0.600. The van der Waals surface area contributed by atoms with Gasteiger partial charge in [-0.15, -0.1) is 5.10 Å². The second kappa shape index (κ2) is 4.36. The Morgan fingerprint density at radius 3 is 2.81 bits per heavy atom. The van der Waals surface area contributed by atoms with Crippen molar-refractivity contribution >= 4 is 22.7 Å². The van der Waals surface area contributed by atoms with Crippen molar-refractivity contribution in [2.24, 2.45) is 0 Å². The molecule has 1 aromatic heterocycles. The van der Waals surface area contributed by atoms with Gasteiger partial charge in [-0.05, 0) is 12.1 Å². The fourth-order valence-corrected chi connectivity index (χ4v) is 1.61. The van der Waals surface area contributed by atoms with Crippen molar-refractivity contribution in [1.29, 1.82) is 0 Å². The van der Waals surface area contributed by atoms with Crippen LogP contribution in [0.5, 0.6) is 10.9 Å². The van der Waals surface area contributed by atoms with E-state index in [9.17, 15) is 0 Å². The summed E-state index contributed by atoms with van der Waals surface area (Å²) < 4.78 is 5.53. The van der Waals surface area contributed by atoms with Crippen LogP contribution < -0.4 is 15.4 Å². The third-order valence-corrected chi connectivity index (χ3v) is 2.62. The van der Waals surface area contributed by atoms with Gasteiger partial charge in [-0.3, -0.25) is 0 Å². The molecule has 0 saturated carbocycles. The number of nitrogens with zero attached hydrogens (tertiary/aromatic N) is 3. The van der Waals surface area contributed by atoms with Gasteiger partial charge in [0, 0.05) is 25.8 Å². The van der Waals surface area contributed by atoms with E-state index in [0.29, 0.717) is 16.6 Å². The molecule has 0 saturated heterocycles. The molecule has 1 aromatic carbocycles. The minimum Gasteiger partial charge on any atom is -0.428 e. The molecule has 0 spiro atoms. The Balaban J connectivity index is 2.29. The summed E-state index contributed by atoms with van der Waals surface area (Å²) in [6, 6.07) is 5.62. The monoisotopic (exact) mass is 236 g/mol. The maximum atomic E-state index is 5.82. The summed E-state index contributed by atoms with van der Waals surface area (Å²) in [5.41, 5.74) is 9.04. The van der Waals surface area contributed by atoms with Gasteiger partial charge in [-0.1, -0.05) is 16.4 Å². The van der Waals surface area contributed by atoms with Gasteiger partial charge in [0.15, 0.2) is 5.75 Å². The second-order valence-electron chi connectivity index (χ2n) is 3.42. The van der Waals surface area contributed by atoms with Gasteiger partial charge in [0.05, 0.1) is 5.69 Å². The maximum Gasteiger partial charge on any atom is 0.299 e. The molecule has 84 valence electrons. The number of nitrogen functional groups attached to an aromatic ring is 1. The van der Waals surface area contributed by atoms with E-state index in [0.717, 1.165) is 5.69 Å². The number of aromatic nitrogens is 2. The van der Waals surface area contributed by atoms with E-state index in [1.807, 2.05) is 37.2 Å². The van der Waals surface area contributed by atoms with Crippen molar-refractivity contribution in [3.05, 3.63) is 23.7 Å². The first-order valence-electron chi connectivity index (χ1n) is 4.67. The Labute approximate surface area is 97.5 Å². The standard InChI is InChI=1S/C10H12N4OS/c1-14(2)7-3-4-8(11)9(5-7)15-10-13-12-6-16-10/h3-6H,11H2,1-2H3. The number of hydrogen-bond acceptors (Lipinski definition) is 6. The van der Waals surface area contributed by atoms with E-state index in [1.165, 1.54) is 11.3 Å². The number of nitrogens with two attached hydrogens (primary N) is 1. The lowest BCUT2D eigenvalue weighted by molar-refractivity contribution is 0.475. The topological polar surface area (TPSA) is 64.3 Å². The van der Waals surface area contributed by atoms with Crippen molar-refractivity contribution in [2.45, 2.75) is 0 Å². The Bertz CT molecular complexity index is 470. The van der Waals surface area contributed by atoms with Crippen molar-refractivity contribution < 1.29 is 4.74 Å². The van der Waals surface area contributed by atoms with E-state index in [4.69, 9.17) is 10.5 Å². The normalized spacial score (nSPS) is 10.1. The van der Waals surface area contributed by atoms with Crippen molar-refractivity contribution in [1.82, 2.24) is 10.2 Å². The van der Waals surface area contributed by atoms with E-state index < -0.39 is 0 Å². The molecular weight excluding hydrogens is 224 g/mol. The number of anilines is 2. The van der Waals surface area contributed by atoms with Crippen LogP contribution >= 0.6 is 11.3 Å². The Morgan fingerprint density at radius 1 is 1.38 bits per heavy atom. The summed E-state index contributed by atoms with van der Waals surface area (Å²) >= 11 is 1.33. The second-order valence-corrected chi connectivity index (χ2v) is 4.22. The lowest BCUT2D eigenvalue weighted by Gasteiger charge is -2.14. The highest BCUT2D eigenvalue weighted by Gasteiger charge is 2.06. The molecule has 16 heavy (non-hydrogen) atoms. The Morgan fingerprint density at radius 2 is 2.19 bits per heavy atom. The Kier molecular flexibility index (Phi) is 2.91. The lowest BCUT2D eigenvalue weighted by atomic mass is 10.2. The lowest BCUT2D eigenvalue weighted by Crippen LogP contribution is -2.08. The maximum absolute atomic E-state index is 5.82. The molecule has 0 atom stereocenters. The van der Waals surface area contributed by atoms with Crippen LogP contribution in [0.3, 0.4) is 0 Å². The molecular formula is C10H12N4OS.